The molecule has 0 spiro atoms. The Morgan fingerprint density at radius 2 is 0.966 bits per heavy atom. The average Bonchev–Trinajstić information content (AvgIpc) is 3.98. The number of rotatable bonds is 5. The molecule has 0 radical (unpaired) electrons. The van der Waals surface area contributed by atoms with Crippen molar-refractivity contribution in [3.05, 3.63) is 194 Å². The summed E-state index contributed by atoms with van der Waals surface area (Å²) in [7, 11) is 0. The molecule has 6 nitrogen and oxygen atoms in total. The average molecular weight is 754 g/mol. The normalized spacial score (nSPS) is 11.7. The molecule has 8 aromatic carbocycles. The van der Waals surface area contributed by atoms with Crippen molar-refractivity contribution in [1.82, 2.24) is 19.1 Å². The minimum atomic E-state index is 0.430. The number of hydrogen-bond acceptors (Lipinski definition) is 4. The lowest BCUT2D eigenvalue weighted by atomic mass is 9.99. The van der Waals surface area contributed by atoms with Gasteiger partial charge in [-0.3, -0.25) is 0 Å². The fourth-order valence-corrected chi connectivity index (χ4v) is 9.07. The molecular formula is C53H31N5O. The Labute approximate surface area is 338 Å². The van der Waals surface area contributed by atoms with Crippen LogP contribution in [0, 0.1) is 11.3 Å². The molecule has 0 unspecified atom stereocenters. The Bertz CT molecular complexity index is 3610. The summed E-state index contributed by atoms with van der Waals surface area (Å²) in [6, 6.07) is 67.1. The highest BCUT2D eigenvalue weighted by atomic mass is 16.3. The SMILES string of the molecule is N#Cc1c(-c2ccccc2)nc(-c2ccc(-n3c4ccccc4c4ccc5c6ccccc6n(-c6ccccc6)c5c43)c3oc4ccccc4c23)nc1-c1ccccc1. The summed E-state index contributed by atoms with van der Waals surface area (Å²) >= 11 is 0. The van der Waals surface area contributed by atoms with Gasteiger partial charge in [-0.25, -0.2) is 9.97 Å². The molecule has 0 atom stereocenters. The van der Waals surface area contributed by atoms with Gasteiger partial charge >= 0.3 is 0 Å². The van der Waals surface area contributed by atoms with Crippen molar-refractivity contribution in [2.45, 2.75) is 0 Å². The number of nitrogens with zero attached hydrogens (tertiary/aromatic N) is 5. The second-order valence-electron chi connectivity index (χ2n) is 14.8. The van der Waals surface area contributed by atoms with Crippen LogP contribution >= 0.6 is 0 Å². The van der Waals surface area contributed by atoms with Crippen LogP contribution in [-0.2, 0) is 0 Å². The number of fused-ring (bicyclic) bond motifs is 10. The number of aromatic nitrogens is 4. The van der Waals surface area contributed by atoms with Gasteiger partial charge in [0.2, 0.25) is 0 Å². The first kappa shape index (κ1) is 32.9. The maximum Gasteiger partial charge on any atom is 0.161 e. The molecule has 4 aromatic heterocycles. The van der Waals surface area contributed by atoms with Crippen LogP contribution in [0.25, 0.3) is 111 Å². The lowest BCUT2D eigenvalue weighted by Gasteiger charge is -2.15. The molecule has 6 heteroatoms. The summed E-state index contributed by atoms with van der Waals surface area (Å²) in [6.07, 6.45) is 0. The molecule has 0 fully saturated rings. The minimum Gasteiger partial charge on any atom is -0.454 e. The highest BCUT2D eigenvalue weighted by molar-refractivity contribution is 6.25. The van der Waals surface area contributed by atoms with E-state index in [1.54, 1.807) is 0 Å². The molecule has 0 aliphatic heterocycles. The Balaban J connectivity index is 1.22. The van der Waals surface area contributed by atoms with E-state index in [4.69, 9.17) is 14.4 Å². The molecule has 0 saturated heterocycles. The van der Waals surface area contributed by atoms with Crippen molar-refractivity contribution in [3.8, 4) is 51.3 Å². The zero-order chi connectivity index (χ0) is 39.0. The summed E-state index contributed by atoms with van der Waals surface area (Å²) in [4.78, 5) is 10.4. The van der Waals surface area contributed by atoms with Crippen molar-refractivity contribution in [2.75, 3.05) is 0 Å². The van der Waals surface area contributed by atoms with Gasteiger partial charge in [0.1, 0.15) is 17.2 Å². The van der Waals surface area contributed by atoms with Gasteiger partial charge < -0.3 is 13.6 Å². The predicted octanol–water partition coefficient (Wildman–Crippen LogP) is 13.4. The smallest absolute Gasteiger partial charge is 0.161 e. The molecular weight excluding hydrogens is 723 g/mol. The van der Waals surface area contributed by atoms with E-state index in [1.165, 1.54) is 10.8 Å². The molecule has 0 aliphatic rings. The van der Waals surface area contributed by atoms with E-state index >= 15 is 0 Å². The summed E-state index contributed by atoms with van der Waals surface area (Å²) in [5.74, 6) is 0.513. The molecule has 0 amide bonds. The van der Waals surface area contributed by atoms with Gasteiger partial charge in [-0.15, -0.1) is 0 Å². The van der Waals surface area contributed by atoms with Crippen LogP contribution in [0.5, 0.6) is 0 Å². The highest BCUT2D eigenvalue weighted by Crippen LogP contribution is 2.46. The third-order valence-corrected chi connectivity index (χ3v) is 11.6. The lowest BCUT2D eigenvalue weighted by molar-refractivity contribution is 0.666. The third-order valence-electron chi connectivity index (χ3n) is 11.6. The third kappa shape index (κ3) is 4.86. The van der Waals surface area contributed by atoms with Crippen molar-refractivity contribution in [3.63, 3.8) is 0 Å². The van der Waals surface area contributed by atoms with Crippen LogP contribution in [0.3, 0.4) is 0 Å². The predicted molar refractivity (Wildman–Crippen MR) is 239 cm³/mol. The van der Waals surface area contributed by atoms with E-state index in [0.717, 1.165) is 82.8 Å². The first-order valence-corrected chi connectivity index (χ1v) is 19.7. The fourth-order valence-electron chi connectivity index (χ4n) is 9.07. The molecule has 0 bridgehead atoms. The number of para-hydroxylation sites is 4. The second kappa shape index (κ2) is 12.9. The maximum atomic E-state index is 10.6. The van der Waals surface area contributed by atoms with E-state index < -0.39 is 0 Å². The molecule has 59 heavy (non-hydrogen) atoms. The summed E-state index contributed by atoms with van der Waals surface area (Å²) in [6.45, 7) is 0. The van der Waals surface area contributed by atoms with Gasteiger partial charge in [0.25, 0.3) is 0 Å². The molecule has 0 saturated carbocycles. The first-order chi connectivity index (χ1) is 29.3. The minimum absolute atomic E-state index is 0.430. The van der Waals surface area contributed by atoms with E-state index in [-0.39, 0.29) is 0 Å². The lowest BCUT2D eigenvalue weighted by Crippen LogP contribution is -2.02. The molecule has 12 aromatic rings. The standard InChI is InChI=1S/C53H31N5O/c54-32-42-48(33-16-4-1-5-17-33)55-53(56-49(42)34-18-6-2-7-19-34)41-30-31-45(52-47(41)40-24-12-15-27-46(40)59-52)58-44-26-14-11-23-37(44)39-29-28-38-36-22-10-13-25-43(36)57(50(38)51(39)58)35-20-8-3-9-21-35/h1-31H. The number of benzene rings is 8. The van der Waals surface area contributed by atoms with E-state index in [0.29, 0.717) is 22.8 Å². The Hall–Kier alpha value is -8.27. The van der Waals surface area contributed by atoms with Gasteiger partial charge in [-0.2, -0.15) is 5.26 Å². The van der Waals surface area contributed by atoms with E-state index in [2.05, 4.69) is 124 Å². The van der Waals surface area contributed by atoms with Gasteiger partial charge in [0, 0.05) is 54.7 Å². The monoisotopic (exact) mass is 753 g/mol. The van der Waals surface area contributed by atoms with E-state index in [9.17, 15) is 5.26 Å². The van der Waals surface area contributed by atoms with Crippen molar-refractivity contribution >= 4 is 65.6 Å². The molecule has 4 heterocycles. The quantitative estimate of drug-likeness (QED) is 0.175. The topological polar surface area (TPSA) is 72.6 Å². The number of hydrogen-bond donors (Lipinski definition) is 0. The van der Waals surface area contributed by atoms with Crippen LogP contribution in [0.2, 0.25) is 0 Å². The number of nitriles is 1. The van der Waals surface area contributed by atoms with Crippen molar-refractivity contribution in [1.29, 1.82) is 5.26 Å². The summed E-state index contributed by atoms with van der Waals surface area (Å²) < 4.78 is 11.8. The zero-order valence-corrected chi connectivity index (χ0v) is 31.5. The Morgan fingerprint density at radius 3 is 1.58 bits per heavy atom. The zero-order valence-electron chi connectivity index (χ0n) is 31.5. The largest absolute Gasteiger partial charge is 0.454 e. The van der Waals surface area contributed by atoms with Crippen LogP contribution in [-0.4, -0.2) is 19.1 Å². The first-order valence-electron chi connectivity index (χ1n) is 19.7. The van der Waals surface area contributed by atoms with Crippen molar-refractivity contribution < 1.29 is 4.42 Å². The summed E-state index contributed by atoms with van der Waals surface area (Å²) in [5, 5.41) is 17.2. The molecule has 274 valence electrons. The number of furan rings is 1. The van der Waals surface area contributed by atoms with Gasteiger partial charge in [-0.1, -0.05) is 146 Å². The van der Waals surface area contributed by atoms with Crippen LogP contribution < -0.4 is 0 Å². The fraction of sp³-hybridized carbons (Fsp3) is 0. The van der Waals surface area contributed by atoms with E-state index in [1.807, 2.05) is 78.9 Å². The van der Waals surface area contributed by atoms with Gasteiger partial charge in [0.15, 0.2) is 11.4 Å². The molecule has 0 aliphatic carbocycles. The highest BCUT2D eigenvalue weighted by Gasteiger charge is 2.26. The van der Waals surface area contributed by atoms with Crippen LogP contribution in [0.1, 0.15) is 5.56 Å². The molecule has 12 rings (SSSR count). The second-order valence-corrected chi connectivity index (χ2v) is 14.8. The molecule has 0 N–H and O–H groups in total. The van der Waals surface area contributed by atoms with Crippen LogP contribution in [0.15, 0.2) is 192 Å². The Kier molecular flexibility index (Phi) is 7.19. The van der Waals surface area contributed by atoms with Gasteiger partial charge in [-0.05, 0) is 42.5 Å². The Morgan fingerprint density at radius 1 is 0.458 bits per heavy atom. The van der Waals surface area contributed by atoms with Crippen LogP contribution in [0.4, 0.5) is 0 Å². The maximum absolute atomic E-state index is 10.6. The van der Waals surface area contributed by atoms with Crippen molar-refractivity contribution in [2.24, 2.45) is 0 Å². The summed E-state index contributed by atoms with van der Waals surface area (Å²) in [5.41, 5.74) is 12.0. The van der Waals surface area contributed by atoms with Gasteiger partial charge in [0.05, 0.1) is 39.1 Å².